The van der Waals surface area contributed by atoms with Crippen molar-refractivity contribution < 1.29 is 28.2 Å². The first-order chi connectivity index (χ1) is 17.9. The summed E-state index contributed by atoms with van der Waals surface area (Å²) in [6.07, 6.45) is 9.99. The molecule has 1 rings (SSSR count). The number of cyclic esters (lactones) is 1. The highest BCUT2D eigenvalue weighted by Gasteiger charge is 2.40. The molecule has 0 aromatic rings. The maximum absolute atomic E-state index is 13.1. The molecule has 0 spiro atoms. The van der Waals surface area contributed by atoms with Gasteiger partial charge in [-0.3, -0.25) is 0 Å². The average molecular weight is 549 g/mol. The quantitative estimate of drug-likeness (QED) is 0.173. The molecule has 0 aromatic carbocycles. The van der Waals surface area contributed by atoms with Crippen molar-refractivity contribution in [2.24, 2.45) is 17.8 Å². The number of allylic oxidation sites excluding steroid dienone is 5. The van der Waals surface area contributed by atoms with E-state index < -0.39 is 32.4 Å². The Morgan fingerprint density at radius 3 is 2.26 bits per heavy atom. The summed E-state index contributed by atoms with van der Waals surface area (Å²) < 4.78 is 24.0. The Kier molecular flexibility index (Phi) is 14.5. The zero-order valence-electron chi connectivity index (χ0n) is 25.6. The molecule has 0 aliphatic carbocycles. The number of carbonyl (C=O) groups is 2. The molecule has 0 unspecified atom stereocenters. The van der Waals surface area contributed by atoms with Crippen LogP contribution in [0.5, 0.6) is 0 Å². The van der Waals surface area contributed by atoms with Crippen molar-refractivity contribution in [1.29, 1.82) is 0 Å². The Bertz CT molecular complexity index is 883. The molecule has 0 saturated carbocycles. The number of rotatable bonds is 9. The summed E-state index contributed by atoms with van der Waals surface area (Å²) in [5.74, 6) is -0.713. The third-order valence-corrected chi connectivity index (χ3v) is 13.1. The van der Waals surface area contributed by atoms with Gasteiger partial charge in [0.15, 0.2) is 8.32 Å². The lowest BCUT2D eigenvalue weighted by Gasteiger charge is -2.41. The van der Waals surface area contributed by atoms with E-state index in [0.717, 1.165) is 30.4 Å². The van der Waals surface area contributed by atoms with Gasteiger partial charge in [0.25, 0.3) is 0 Å². The van der Waals surface area contributed by atoms with E-state index in [4.69, 9.17) is 18.6 Å². The summed E-state index contributed by atoms with van der Waals surface area (Å²) in [4.78, 5) is 24.7. The van der Waals surface area contributed by atoms with E-state index in [2.05, 4.69) is 60.6 Å². The topological polar surface area (TPSA) is 71.1 Å². The summed E-state index contributed by atoms with van der Waals surface area (Å²) in [5.41, 5.74) is 2.63. The van der Waals surface area contributed by atoms with E-state index in [9.17, 15) is 9.59 Å². The second-order valence-electron chi connectivity index (χ2n) is 11.1. The van der Waals surface area contributed by atoms with Crippen molar-refractivity contribution in [3.8, 4) is 0 Å². The predicted octanol–water partition coefficient (Wildman–Crippen LogP) is 7.18. The largest absolute Gasteiger partial charge is 0.490 e. The molecule has 0 amide bonds. The van der Waals surface area contributed by atoms with Crippen molar-refractivity contribution >= 4 is 20.6 Å². The van der Waals surface area contributed by atoms with E-state index in [1.807, 2.05) is 19.1 Å². The number of carbonyl (C=O) groups excluding carboxylic acids is 2. The Hall–Kier alpha value is -1.96. The zero-order chi connectivity index (χ0) is 29.0. The van der Waals surface area contributed by atoms with E-state index in [-0.39, 0.29) is 23.7 Å². The van der Waals surface area contributed by atoms with Crippen LogP contribution in [0.3, 0.4) is 0 Å². The van der Waals surface area contributed by atoms with Crippen LogP contribution in [0.15, 0.2) is 47.3 Å². The molecule has 216 valence electrons. The number of esters is 1. The minimum atomic E-state index is -1.95. The smallest absolute Gasteiger partial charge is 0.373 e. The molecule has 0 fully saturated rings. The predicted molar refractivity (Wildman–Crippen MR) is 157 cm³/mol. The number of hydrogen-bond donors (Lipinski definition) is 0. The highest BCUT2D eigenvalue weighted by atomic mass is 28.4. The number of hydrogen-bond acceptors (Lipinski definition) is 6. The van der Waals surface area contributed by atoms with E-state index in [1.54, 1.807) is 20.1 Å². The highest BCUT2D eigenvalue weighted by Crippen LogP contribution is 2.36. The van der Waals surface area contributed by atoms with Gasteiger partial charge in [-0.25, -0.2) is 4.79 Å². The monoisotopic (exact) mass is 548 g/mol. The van der Waals surface area contributed by atoms with Crippen LogP contribution in [-0.4, -0.2) is 53.1 Å². The fraction of sp³-hybridized carbons (Fsp3) is 0.677. The summed E-state index contributed by atoms with van der Waals surface area (Å²) in [6.45, 7) is 19.4. The third kappa shape index (κ3) is 9.35. The molecule has 38 heavy (non-hydrogen) atoms. The van der Waals surface area contributed by atoms with Gasteiger partial charge in [0.2, 0.25) is 5.76 Å². The molecule has 1 aliphatic rings. The molecule has 0 radical (unpaired) electrons. The first kappa shape index (κ1) is 34.1. The van der Waals surface area contributed by atoms with Gasteiger partial charge in [-0.15, -0.1) is 0 Å². The van der Waals surface area contributed by atoms with Gasteiger partial charge in [0.1, 0.15) is 18.5 Å². The Balaban J connectivity index is 3.64. The molecule has 0 aromatic heterocycles. The lowest BCUT2D eigenvalue weighted by Crippen LogP contribution is -2.47. The van der Waals surface area contributed by atoms with Gasteiger partial charge >= 0.3 is 5.97 Å². The fourth-order valence-corrected chi connectivity index (χ4v) is 9.15. The van der Waals surface area contributed by atoms with Crippen LogP contribution in [0.2, 0.25) is 17.6 Å². The van der Waals surface area contributed by atoms with Crippen molar-refractivity contribution in [3.05, 3.63) is 47.3 Å². The van der Waals surface area contributed by atoms with Crippen LogP contribution in [-0.2, 0) is 28.2 Å². The normalized spacial score (nSPS) is 32.2. The molecule has 0 N–H and O–H groups in total. The van der Waals surface area contributed by atoms with Crippen LogP contribution >= 0.6 is 0 Å². The lowest BCUT2D eigenvalue weighted by atomic mass is 9.87. The van der Waals surface area contributed by atoms with E-state index >= 15 is 0 Å². The van der Waals surface area contributed by atoms with Gasteiger partial charge in [0, 0.05) is 7.11 Å². The molecular weight excluding hydrogens is 496 g/mol. The molecule has 0 saturated heterocycles. The Morgan fingerprint density at radius 1 is 1.13 bits per heavy atom. The van der Waals surface area contributed by atoms with Crippen LogP contribution in [0.4, 0.5) is 0 Å². The zero-order valence-corrected chi connectivity index (χ0v) is 26.6. The van der Waals surface area contributed by atoms with Gasteiger partial charge < -0.3 is 23.4 Å². The third-order valence-electron chi connectivity index (χ3n) is 7.90. The van der Waals surface area contributed by atoms with Gasteiger partial charge in [-0.05, 0) is 55.8 Å². The number of ether oxygens (including phenoxy) is 3. The highest BCUT2D eigenvalue weighted by molar-refractivity contribution is 6.75. The lowest BCUT2D eigenvalue weighted by molar-refractivity contribution is -0.157. The van der Waals surface area contributed by atoms with E-state index in [1.165, 1.54) is 12.7 Å². The van der Waals surface area contributed by atoms with Crippen LogP contribution in [0.25, 0.3) is 0 Å². The second kappa shape index (κ2) is 16.2. The van der Waals surface area contributed by atoms with Crippen molar-refractivity contribution in [3.63, 3.8) is 0 Å². The average Bonchev–Trinajstić information content (AvgIpc) is 2.88. The van der Waals surface area contributed by atoms with Crippen LogP contribution < -0.4 is 0 Å². The summed E-state index contributed by atoms with van der Waals surface area (Å²) >= 11 is 0. The fourth-order valence-electron chi connectivity index (χ4n) is 5.42. The molecular formula is C31H52O6Si. The Morgan fingerprint density at radius 2 is 1.76 bits per heavy atom. The van der Waals surface area contributed by atoms with E-state index in [0.29, 0.717) is 5.54 Å². The molecule has 6 atom stereocenters. The molecule has 7 heteroatoms. The van der Waals surface area contributed by atoms with Crippen molar-refractivity contribution in [2.45, 2.75) is 105 Å². The molecule has 6 nitrogen and oxygen atoms in total. The minimum absolute atomic E-state index is 0.0371. The standard InChI is InChI=1S/C31H52O6Si/c1-12-38(13-2,21(3)4)37-29-24(7)17-22(5)15-14-16-27(34-10)30(26(9)20-32)36-31(33)28(35-11)19-23(6)18-25(29)8/h14-16,18-21,24-27,29-30H,12-13,17H2,1-11H3/b16-14+,22-15+,23-18+,28-19-/t24-,25+,26-,27-,29-,30+/m0/s1. The van der Waals surface area contributed by atoms with Crippen LogP contribution in [0.1, 0.15) is 68.7 Å². The SMILES string of the molecule is CC[Si](CC)(O[C@@H]1[C@H](C)/C=C(C)/C=C(\OC)C(=O)O[C@H]([C@@H](C)C=O)[C@@H](OC)/C=C/C=C(\C)C[C@@H]1C)C(C)C. The first-order valence-corrected chi connectivity index (χ1v) is 16.4. The molecule has 0 bridgehead atoms. The maximum atomic E-state index is 13.1. The van der Waals surface area contributed by atoms with Crippen LogP contribution in [0, 0.1) is 17.8 Å². The molecule has 1 aliphatic heterocycles. The summed E-state index contributed by atoms with van der Waals surface area (Å²) in [6, 6.07) is 2.16. The minimum Gasteiger partial charge on any atom is -0.490 e. The number of aldehydes is 1. The van der Waals surface area contributed by atoms with Crippen molar-refractivity contribution in [2.75, 3.05) is 14.2 Å². The molecule has 1 heterocycles. The Labute approximate surface area is 232 Å². The first-order valence-electron chi connectivity index (χ1n) is 14.0. The van der Waals surface area contributed by atoms with Crippen molar-refractivity contribution in [1.82, 2.24) is 0 Å². The maximum Gasteiger partial charge on any atom is 0.373 e. The van der Waals surface area contributed by atoms with Gasteiger partial charge in [-0.1, -0.05) is 83.9 Å². The summed E-state index contributed by atoms with van der Waals surface area (Å²) in [7, 11) is 1.04. The van der Waals surface area contributed by atoms with Gasteiger partial charge in [0.05, 0.1) is 19.1 Å². The number of methoxy groups -OCH3 is 2. The summed E-state index contributed by atoms with van der Waals surface area (Å²) in [5, 5.41) is 0. The second-order valence-corrected chi connectivity index (χ2v) is 16.1. The van der Waals surface area contributed by atoms with Gasteiger partial charge in [-0.2, -0.15) is 0 Å².